The maximum Gasteiger partial charge on any atom is 0.234 e. The van der Waals surface area contributed by atoms with Gasteiger partial charge < -0.3 is 15.3 Å². The molecule has 1 aliphatic rings. The number of hydrogen-bond donors (Lipinski definition) is 2. The van der Waals surface area contributed by atoms with E-state index in [0.29, 0.717) is 13.1 Å². The SMILES string of the molecule is Cc1cc(C)n2c(CNCC(O)CN3CCCC3)cnc2n1. The van der Waals surface area contributed by atoms with Crippen molar-refractivity contribution in [1.29, 1.82) is 0 Å². The second-order valence-corrected chi connectivity index (χ2v) is 6.22. The molecule has 0 radical (unpaired) electrons. The lowest BCUT2D eigenvalue weighted by atomic mass is 10.3. The third kappa shape index (κ3) is 3.45. The highest BCUT2D eigenvalue weighted by Gasteiger charge is 2.15. The van der Waals surface area contributed by atoms with Gasteiger partial charge in [-0.15, -0.1) is 0 Å². The molecular formula is C16H25N5O. The molecule has 3 rings (SSSR count). The zero-order valence-electron chi connectivity index (χ0n) is 13.4. The number of aromatic nitrogens is 3. The van der Waals surface area contributed by atoms with Gasteiger partial charge in [-0.2, -0.15) is 0 Å². The molecule has 6 nitrogen and oxygen atoms in total. The molecule has 0 amide bonds. The number of fused-ring (bicyclic) bond motifs is 1. The van der Waals surface area contributed by atoms with Crippen LogP contribution in [0, 0.1) is 13.8 Å². The van der Waals surface area contributed by atoms with Gasteiger partial charge in [-0.25, -0.2) is 9.97 Å². The van der Waals surface area contributed by atoms with Crippen LogP contribution in [0.4, 0.5) is 0 Å². The molecule has 2 aromatic heterocycles. The van der Waals surface area contributed by atoms with E-state index in [0.717, 1.165) is 42.5 Å². The summed E-state index contributed by atoms with van der Waals surface area (Å²) in [6, 6.07) is 2.06. The second-order valence-electron chi connectivity index (χ2n) is 6.22. The van der Waals surface area contributed by atoms with Crippen molar-refractivity contribution in [3.63, 3.8) is 0 Å². The van der Waals surface area contributed by atoms with Gasteiger partial charge >= 0.3 is 0 Å². The summed E-state index contributed by atoms with van der Waals surface area (Å²) in [5, 5.41) is 13.4. The minimum absolute atomic E-state index is 0.321. The number of nitrogens with one attached hydrogen (secondary N) is 1. The molecule has 2 aromatic rings. The first kappa shape index (κ1) is 15.4. The standard InChI is InChI=1S/C16H25N5O/c1-12-7-13(2)21-14(9-18-16(21)19-12)8-17-10-15(22)11-20-5-3-4-6-20/h7,9,15,17,22H,3-6,8,10-11H2,1-2H3. The predicted molar refractivity (Wildman–Crippen MR) is 85.8 cm³/mol. The summed E-state index contributed by atoms with van der Waals surface area (Å²) >= 11 is 0. The highest BCUT2D eigenvalue weighted by molar-refractivity contribution is 5.35. The van der Waals surface area contributed by atoms with Crippen LogP contribution >= 0.6 is 0 Å². The Kier molecular flexibility index (Phi) is 4.71. The first-order valence-corrected chi connectivity index (χ1v) is 8.05. The molecule has 1 saturated heterocycles. The predicted octanol–water partition coefficient (Wildman–Crippen LogP) is 0.892. The van der Waals surface area contributed by atoms with E-state index >= 15 is 0 Å². The van der Waals surface area contributed by atoms with Crippen LogP contribution in [0.5, 0.6) is 0 Å². The molecule has 0 spiro atoms. The van der Waals surface area contributed by atoms with E-state index in [4.69, 9.17) is 0 Å². The van der Waals surface area contributed by atoms with E-state index in [-0.39, 0.29) is 6.10 Å². The van der Waals surface area contributed by atoms with E-state index in [9.17, 15) is 5.11 Å². The van der Waals surface area contributed by atoms with Crippen molar-refractivity contribution in [3.05, 3.63) is 29.3 Å². The molecule has 1 aliphatic heterocycles. The third-order valence-corrected chi connectivity index (χ3v) is 4.22. The van der Waals surface area contributed by atoms with Gasteiger partial charge in [0, 0.05) is 31.0 Å². The van der Waals surface area contributed by atoms with Crippen molar-refractivity contribution in [3.8, 4) is 0 Å². The lowest BCUT2D eigenvalue weighted by Crippen LogP contribution is -2.37. The number of likely N-dealkylation sites (tertiary alicyclic amines) is 1. The minimum Gasteiger partial charge on any atom is -0.390 e. The van der Waals surface area contributed by atoms with Crippen molar-refractivity contribution in [2.75, 3.05) is 26.2 Å². The summed E-state index contributed by atoms with van der Waals surface area (Å²) in [6.07, 6.45) is 4.05. The Morgan fingerprint density at radius 1 is 1.32 bits per heavy atom. The molecule has 2 N–H and O–H groups in total. The van der Waals surface area contributed by atoms with Crippen molar-refractivity contribution in [2.45, 2.75) is 39.3 Å². The van der Waals surface area contributed by atoms with Crippen LogP contribution in [-0.4, -0.2) is 56.7 Å². The second kappa shape index (κ2) is 6.73. The molecule has 1 fully saturated rings. The number of aryl methyl sites for hydroxylation is 2. The fourth-order valence-corrected chi connectivity index (χ4v) is 3.22. The summed E-state index contributed by atoms with van der Waals surface area (Å²) in [7, 11) is 0. The van der Waals surface area contributed by atoms with Gasteiger partial charge in [0.25, 0.3) is 0 Å². The van der Waals surface area contributed by atoms with Gasteiger partial charge in [-0.05, 0) is 45.8 Å². The summed E-state index contributed by atoms with van der Waals surface area (Å²) in [6.45, 7) is 8.33. The monoisotopic (exact) mass is 303 g/mol. The normalized spacial score (nSPS) is 17.4. The summed E-state index contributed by atoms with van der Waals surface area (Å²) in [5.41, 5.74) is 3.19. The minimum atomic E-state index is -0.321. The summed E-state index contributed by atoms with van der Waals surface area (Å²) < 4.78 is 2.06. The number of aliphatic hydroxyl groups excluding tert-OH is 1. The summed E-state index contributed by atoms with van der Waals surface area (Å²) in [4.78, 5) is 11.1. The Morgan fingerprint density at radius 2 is 2.09 bits per heavy atom. The van der Waals surface area contributed by atoms with Gasteiger partial charge in [0.2, 0.25) is 5.78 Å². The number of rotatable bonds is 6. The van der Waals surface area contributed by atoms with Crippen LogP contribution in [0.1, 0.15) is 29.9 Å². The molecule has 120 valence electrons. The van der Waals surface area contributed by atoms with Crippen LogP contribution in [0.25, 0.3) is 5.78 Å². The molecule has 1 atom stereocenters. The number of β-amino-alcohol motifs (C(OH)–C–C–N with tert-alkyl or cyclic N) is 1. The average molecular weight is 303 g/mol. The Bertz CT molecular complexity index is 633. The fraction of sp³-hybridized carbons (Fsp3) is 0.625. The highest BCUT2D eigenvalue weighted by Crippen LogP contribution is 2.10. The Balaban J connectivity index is 1.55. The average Bonchev–Trinajstić information content (AvgIpc) is 3.08. The molecule has 22 heavy (non-hydrogen) atoms. The Labute approximate surface area is 131 Å². The number of imidazole rings is 1. The molecule has 0 bridgehead atoms. The largest absolute Gasteiger partial charge is 0.390 e. The lowest BCUT2D eigenvalue weighted by molar-refractivity contribution is 0.123. The molecule has 0 aliphatic carbocycles. The van der Waals surface area contributed by atoms with Crippen molar-refractivity contribution in [2.24, 2.45) is 0 Å². The molecule has 0 saturated carbocycles. The van der Waals surface area contributed by atoms with Crippen molar-refractivity contribution < 1.29 is 5.11 Å². The summed E-state index contributed by atoms with van der Waals surface area (Å²) in [5.74, 6) is 0.743. The maximum atomic E-state index is 10.1. The number of hydrogen-bond acceptors (Lipinski definition) is 5. The van der Waals surface area contributed by atoms with E-state index < -0.39 is 0 Å². The smallest absolute Gasteiger partial charge is 0.234 e. The Morgan fingerprint density at radius 3 is 2.86 bits per heavy atom. The molecule has 3 heterocycles. The Hall–Kier alpha value is -1.50. The highest BCUT2D eigenvalue weighted by atomic mass is 16.3. The molecule has 1 unspecified atom stereocenters. The van der Waals surface area contributed by atoms with Gasteiger partial charge in [-0.3, -0.25) is 4.40 Å². The van der Waals surface area contributed by atoms with Gasteiger partial charge in [0.05, 0.1) is 18.0 Å². The van der Waals surface area contributed by atoms with Crippen LogP contribution in [0.3, 0.4) is 0 Å². The first-order chi connectivity index (χ1) is 10.6. The van der Waals surface area contributed by atoms with Gasteiger partial charge in [0.1, 0.15) is 0 Å². The fourth-order valence-electron chi connectivity index (χ4n) is 3.22. The molecular weight excluding hydrogens is 278 g/mol. The van der Waals surface area contributed by atoms with E-state index in [1.807, 2.05) is 13.1 Å². The van der Waals surface area contributed by atoms with E-state index in [1.165, 1.54) is 12.8 Å². The van der Waals surface area contributed by atoms with E-state index in [1.54, 1.807) is 0 Å². The van der Waals surface area contributed by atoms with Gasteiger partial charge in [0.15, 0.2) is 0 Å². The van der Waals surface area contributed by atoms with Crippen LogP contribution < -0.4 is 5.32 Å². The van der Waals surface area contributed by atoms with E-state index in [2.05, 4.69) is 37.6 Å². The number of nitrogens with zero attached hydrogens (tertiary/aromatic N) is 4. The molecule has 6 heteroatoms. The molecule has 0 aromatic carbocycles. The van der Waals surface area contributed by atoms with Gasteiger partial charge in [-0.1, -0.05) is 0 Å². The zero-order chi connectivity index (χ0) is 15.5. The van der Waals surface area contributed by atoms with Crippen LogP contribution in [-0.2, 0) is 6.54 Å². The van der Waals surface area contributed by atoms with Crippen molar-refractivity contribution >= 4 is 5.78 Å². The van der Waals surface area contributed by atoms with Crippen LogP contribution in [0.2, 0.25) is 0 Å². The zero-order valence-corrected chi connectivity index (χ0v) is 13.4. The topological polar surface area (TPSA) is 65.7 Å². The third-order valence-electron chi connectivity index (χ3n) is 4.22. The first-order valence-electron chi connectivity index (χ1n) is 8.05. The number of aliphatic hydroxyl groups is 1. The maximum absolute atomic E-state index is 10.1. The van der Waals surface area contributed by atoms with Crippen LogP contribution in [0.15, 0.2) is 12.3 Å². The quantitative estimate of drug-likeness (QED) is 0.830. The van der Waals surface area contributed by atoms with Crippen molar-refractivity contribution in [1.82, 2.24) is 24.6 Å². The lowest BCUT2D eigenvalue weighted by Gasteiger charge is -2.19.